The highest BCUT2D eigenvalue weighted by molar-refractivity contribution is 9.11. The molecule has 0 aliphatic carbocycles. The first kappa shape index (κ1) is 14.5. The van der Waals surface area contributed by atoms with Crippen molar-refractivity contribution < 1.29 is 15.0 Å². The second kappa shape index (κ2) is 6.98. The first-order valence-corrected chi connectivity index (χ1v) is 6.68. The molecule has 0 aliphatic rings. The fourth-order valence-electron chi connectivity index (χ4n) is 1.34. The van der Waals surface area contributed by atoms with Gasteiger partial charge in [-0.05, 0) is 41.0 Å². The summed E-state index contributed by atoms with van der Waals surface area (Å²) in [6.07, 6.45) is 0.729. The van der Waals surface area contributed by atoms with Gasteiger partial charge in [-0.15, -0.1) is 0 Å². The lowest BCUT2D eigenvalue weighted by molar-refractivity contribution is -0.137. The molecule has 0 amide bonds. The average molecular weight is 367 g/mol. The Balaban J connectivity index is 2.44. The van der Waals surface area contributed by atoms with E-state index in [2.05, 4.69) is 37.2 Å². The van der Waals surface area contributed by atoms with Crippen molar-refractivity contribution in [2.24, 2.45) is 0 Å². The molecule has 0 radical (unpaired) electrons. The van der Waals surface area contributed by atoms with E-state index in [-0.39, 0.29) is 12.2 Å². The van der Waals surface area contributed by atoms with E-state index in [4.69, 9.17) is 5.11 Å². The quantitative estimate of drug-likeness (QED) is 0.677. The molecule has 1 aromatic rings. The fraction of sp³-hybridized carbons (Fsp3) is 0.364. The van der Waals surface area contributed by atoms with Crippen molar-refractivity contribution in [3.05, 3.63) is 26.6 Å². The van der Waals surface area contributed by atoms with Crippen molar-refractivity contribution in [2.75, 3.05) is 6.54 Å². The standard InChI is InChI=1S/C11H13Br2NO3/c12-8-4-7(11(17)9(13)5-8)6-14-3-1-2-10(15)16/h4-5,14,17H,1-3,6H2,(H,15,16). The topological polar surface area (TPSA) is 69.6 Å². The Morgan fingerprint density at radius 2 is 2.06 bits per heavy atom. The second-order valence-corrected chi connectivity index (χ2v) is 5.34. The summed E-state index contributed by atoms with van der Waals surface area (Å²) in [5.74, 6) is -0.584. The minimum absolute atomic E-state index is 0.154. The zero-order valence-corrected chi connectivity index (χ0v) is 12.2. The summed E-state index contributed by atoms with van der Waals surface area (Å²) >= 11 is 6.60. The molecule has 0 fully saturated rings. The van der Waals surface area contributed by atoms with Crippen LogP contribution in [-0.4, -0.2) is 22.7 Å². The minimum atomic E-state index is -0.792. The highest BCUT2D eigenvalue weighted by Gasteiger charge is 2.06. The van der Waals surface area contributed by atoms with E-state index in [9.17, 15) is 9.90 Å². The third-order valence-electron chi connectivity index (χ3n) is 2.17. The number of aliphatic carboxylic acids is 1. The molecular weight excluding hydrogens is 354 g/mol. The molecule has 0 aromatic heterocycles. The molecule has 4 nitrogen and oxygen atoms in total. The summed E-state index contributed by atoms with van der Waals surface area (Å²) in [5.41, 5.74) is 0.765. The van der Waals surface area contributed by atoms with Gasteiger partial charge >= 0.3 is 5.97 Å². The van der Waals surface area contributed by atoms with E-state index in [1.807, 2.05) is 6.07 Å². The zero-order valence-electron chi connectivity index (χ0n) is 9.04. The first-order valence-electron chi connectivity index (χ1n) is 5.10. The van der Waals surface area contributed by atoms with Gasteiger partial charge < -0.3 is 15.5 Å². The van der Waals surface area contributed by atoms with Crippen LogP contribution in [0.5, 0.6) is 5.75 Å². The van der Waals surface area contributed by atoms with Gasteiger partial charge in [0.15, 0.2) is 0 Å². The van der Waals surface area contributed by atoms with Crippen molar-refractivity contribution in [2.45, 2.75) is 19.4 Å². The molecular formula is C11H13Br2NO3. The lowest BCUT2D eigenvalue weighted by Gasteiger charge is -2.08. The fourth-order valence-corrected chi connectivity index (χ4v) is 2.66. The van der Waals surface area contributed by atoms with Gasteiger partial charge in [0, 0.05) is 23.0 Å². The SMILES string of the molecule is O=C(O)CCCNCc1cc(Br)cc(Br)c1O. The van der Waals surface area contributed by atoms with E-state index >= 15 is 0 Å². The van der Waals surface area contributed by atoms with E-state index in [0.29, 0.717) is 24.0 Å². The van der Waals surface area contributed by atoms with Crippen LogP contribution in [-0.2, 0) is 11.3 Å². The molecule has 0 bridgehead atoms. The summed E-state index contributed by atoms with van der Waals surface area (Å²) in [6, 6.07) is 3.59. The van der Waals surface area contributed by atoms with Crippen LogP contribution in [0.3, 0.4) is 0 Å². The van der Waals surface area contributed by atoms with Crippen molar-refractivity contribution >= 4 is 37.8 Å². The number of halogens is 2. The van der Waals surface area contributed by atoms with E-state index in [1.165, 1.54) is 0 Å². The number of hydrogen-bond donors (Lipinski definition) is 3. The lowest BCUT2D eigenvalue weighted by atomic mass is 10.2. The maximum atomic E-state index is 10.3. The number of aromatic hydroxyl groups is 1. The Morgan fingerprint density at radius 3 is 2.71 bits per heavy atom. The normalized spacial score (nSPS) is 10.5. The van der Waals surface area contributed by atoms with Crippen LogP contribution < -0.4 is 5.32 Å². The summed E-state index contributed by atoms with van der Waals surface area (Å²) < 4.78 is 1.51. The summed E-state index contributed by atoms with van der Waals surface area (Å²) in [5, 5.41) is 21.3. The third-order valence-corrected chi connectivity index (χ3v) is 3.23. The maximum absolute atomic E-state index is 10.3. The van der Waals surface area contributed by atoms with Gasteiger partial charge in [0.25, 0.3) is 0 Å². The number of hydrogen-bond acceptors (Lipinski definition) is 3. The minimum Gasteiger partial charge on any atom is -0.506 e. The maximum Gasteiger partial charge on any atom is 0.303 e. The number of phenolic OH excluding ortho intramolecular Hbond substituents is 1. The highest BCUT2D eigenvalue weighted by atomic mass is 79.9. The summed E-state index contributed by atoms with van der Waals surface area (Å²) in [6.45, 7) is 1.11. The zero-order chi connectivity index (χ0) is 12.8. The molecule has 3 N–H and O–H groups in total. The number of rotatable bonds is 6. The van der Waals surface area contributed by atoms with E-state index < -0.39 is 5.97 Å². The predicted molar refractivity (Wildman–Crippen MR) is 72.1 cm³/mol. The molecule has 6 heteroatoms. The highest BCUT2D eigenvalue weighted by Crippen LogP contribution is 2.31. The van der Waals surface area contributed by atoms with Crippen LogP contribution in [0.2, 0.25) is 0 Å². The van der Waals surface area contributed by atoms with Crippen molar-refractivity contribution in [3.8, 4) is 5.75 Å². The van der Waals surface area contributed by atoms with Crippen LogP contribution in [0.25, 0.3) is 0 Å². The molecule has 0 unspecified atom stereocenters. The summed E-state index contributed by atoms with van der Waals surface area (Å²) in [7, 11) is 0. The Hall–Kier alpha value is -0.590. The molecule has 0 aliphatic heterocycles. The molecule has 0 heterocycles. The predicted octanol–water partition coefficient (Wildman–Crippen LogP) is 2.87. The van der Waals surface area contributed by atoms with Crippen LogP contribution in [0.4, 0.5) is 0 Å². The molecule has 0 saturated heterocycles. The summed E-state index contributed by atoms with van der Waals surface area (Å²) in [4.78, 5) is 10.3. The van der Waals surface area contributed by atoms with Gasteiger partial charge in [0.05, 0.1) is 4.47 Å². The second-order valence-electron chi connectivity index (χ2n) is 3.57. The van der Waals surface area contributed by atoms with Crippen LogP contribution in [0.1, 0.15) is 18.4 Å². The van der Waals surface area contributed by atoms with Gasteiger partial charge in [0.2, 0.25) is 0 Å². The average Bonchev–Trinajstić information content (AvgIpc) is 2.23. The van der Waals surface area contributed by atoms with Gasteiger partial charge in [-0.2, -0.15) is 0 Å². The van der Waals surface area contributed by atoms with Gasteiger partial charge in [-0.1, -0.05) is 15.9 Å². The number of carboxylic acids is 1. The monoisotopic (exact) mass is 365 g/mol. The van der Waals surface area contributed by atoms with Crippen LogP contribution in [0.15, 0.2) is 21.1 Å². The van der Waals surface area contributed by atoms with Gasteiger partial charge in [-0.3, -0.25) is 4.79 Å². The Kier molecular flexibility index (Phi) is 5.94. The Labute approximate surface area is 116 Å². The lowest BCUT2D eigenvalue weighted by Crippen LogP contribution is -2.15. The smallest absolute Gasteiger partial charge is 0.303 e. The number of phenols is 1. The molecule has 0 saturated carbocycles. The van der Waals surface area contributed by atoms with Crippen molar-refractivity contribution in [3.63, 3.8) is 0 Å². The van der Waals surface area contributed by atoms with Crippen molar-refractivity contribution in [1.82, 2.24) is 5.32 Å². The van der Waals surface area contributed by atoms with E-state index in [0.717, 1.165) is 10.0 Å². The number of carboxylic acid groups (broad SMARTS) is 1. The first-order chi connectivity index (χ1) is 8.00. The van der Waals surface area contributed by atoms with Crippen molar-refractivity contribution in [1.29, 1.82) is 0 Å². The molecule has 17 heavy (non-hydrogen) atoms. The molecule has 1 aromatic carbocycles. The van der Waals surface area contributed by atoms with Gasteiger partial charge in [-0.25, -0.2) is 0 Å². The largest absolute Gasteiger partial charge is 0.506 e. The van der Waals surface area contributed by atoms with Crippen LogP contribution in [0, 0.1) is 0 Å². The van der Waals surface area contributed by atoms with Crippen LogP contribution >= 0.6 is 31.9 Å². The number of nitrogens with one attached hydrogen (secondary N) is 1. The Bertz CT molecular complexity index is 410. The number of benzene rings is 1. The molecule has 0 atom stereocenters. The van der Waals surface area contributed by atoms with Gasteiger partial charge in [0.1, 0.15) is 5.75 Å². The molecule has 94 valence electrons. The van der Waals surface area contributed by atoms with E-state index in [1.54, 1.807) is 6.07 Å². The third kappa shape index (κ3) is 5.06. The molecule has 0 spiro atoms. The molecule has 1 rings (SSSR count). The number of carbonyl (C=O) groups is 1. The Morgan fingerprint density at radius 1 is 1.35 bits per heavy atom.